The topological polar surface area (TPSA) is 95.6 Å². The molecule has 0 spiro atoms. The molecule has 0 saturated heterocycles. The molecule has 0 radical (unpaired) electrons. The van der Waals surface area contributed by atoms with Crippen LogP contribution in [0.4, 0.5) is 11.4 Å². The smallest absolute Gasteiger partial charge is 0.261 e. The van der Waals surface area contributed by atoms with Crippen LogP contribution in [-0.2, 0) is 14.8 Å². The molecule has 0 saturated carbocycles. The largest absolute Gasteiger partial charge is 0.332 e. The molecule has 0 unspecified atom stereocenters. The zero-order valence-corrected chi connectivity index (χ0v) is 20.8. The van der Waals surface area contributed by atoms with Gasteiger partial charge in [-0.1, -0.05) is 35.4 Å². The molecule has 178 valence electrons. The monoisotopic (exact) mass is 479 g/mol. The van der Waals surface area contributed by atoms with E-state index in [1.165, 1.54) is 36.2 Å². The zero-order valence-electron chi connectivity index (χ0n) is 20.0. The van der Waals surface area contributed by atoms with Crippen molar-refractivity contribution >= 4 is 33.2 Å². The Morgan fingerprint density at radius 1 is 0.824 bits per heavy atom. The Bertz CT molecular complexity index is 1290. The van der Waals surface area contributed by atoms with Crippen LogP contribution in [0.25, 0.3) is 0 Å². The van der Waals surface area contributed by atoms with Gasteiger partial charge < -0.3 is 10.2 Å². The molecule has 2 amide bonds. The number of likely N-dealkylation sites (N-methyl/N-ethyl adjacent to an activating group) is 1. The van der Waals surface area contributed by atoms with E-state index in [1.54, 1.807) is 12.1 Å². The van der Waals surface area contributed by atoms with E-state index in [9.17, 15) is 18.0 Å². The van der Waals surface area contributed by atoms with E-state index in [0.717, 1.165) is 27.9 Å². The van der Waals surface area contributed by atoms with Crippen LogP contribution >= 0.6 is 0 Å². The van der Waals surface area contributed by atoms with Gasteiger partial charge in [0.1, 0.15) is 0 Å². The molecule has 2 N–H and O–H groups in total. The fourth-order valence-corrected chi connectivity index (χ4v) is 4.73. The molecular formula is C26H29N3O4S. The SMILES string of the molecule is Cc1ccc(NS(=O)(=O)c2ccc(C(=O)N(C)CC(=O)Nc3c(C)cc(C)cc3C)cc2)cc1. The molecular weight excluding hydrogens is 450 g/mol. The number of carbonyl (C=O) groups is 2. The first kappa shape index (κ1) is 25.0. The lowest BCUT2D eigenvalue weighted by Gasteiger charge is -2.19. The van der Waals surface area contributed by atoms with E-state index in [-0.39, 0.29) is 28.8 Å². The number of benzene rings is 3. The molecule has 0 atom stereocenters. The molecule has 3 aromatic carbocycles. The van der Waals surface area contributed by atoms with Gasteiger partial charge in [-0.15, -0.1) is 0 Å². The highest BCUT2D eigenvalue weighted by Gasteiger charge is 2.19. The van der Waals surface area contributed by atoms with Crippen molar-refractivity contribution in [3.8, 4) is 0 Å². The standard InChI is InChI=1S/C26H29N3O4S/c1-17-6-10-22(11-7-17)28-34(32,33)23-12-8-21(9-13-23)26(31)29(5)16-24(30)27-25-19(3)14-18(2)15-20(25)4/h6-15,28H,16H2,1-5H3,(H,27,30). The van der Waals surface area contributed by atoms with E-state index in [0.29, 0.717) is 5.69 Å². The summed E-state index contributed by atoms with van der Waals surface area (Å²) >= 11 is 0. The van der Waals surface area contributed by atoms with Crippen LogP contribution in [0.3, 0.4) is 0 Å². The minimum absolute atomic E-state index is 0.0374. The predicted octanol–water partition coefficient (Wildman–Crippen LogP) is 4.43. The van der Waals surface area contributed by atoms with Crippen LogP contribution in [0.2, 0.25) is 0 Å². The maximum absolute atomic E-state index is 12.8. The van der Waals surface area contributed by atoms with Crippen LogP contribution in [0, 0.1) is 27.7 Å². The van der Waals surface area contributed by atoms with Crippen LogP contribution < -0.4 is 10.0 Å². The van der Waals surface area contributed by atoms with Gasteiger partial charge in [0, 0.05) is 24.0 Å². The van der Waals surface area contributed by atoms with Crippen molar-refractivity contribution in [1.82, 2.24) is 4.90 Å². The number of anilines is 2. The number of rotatable bonds is 7. The molecule has 3 aromatic rings. The fourth-order valence-electron chi connectivity index (χ4n) is 3.68. The Morgan fingerprint density at radius 2 is 1.38 bits per heavy atom. The average Bonchev–Trinajstić information content (AvgIpc) is 2.77. The highest BCUT2D eigenvalue weighted by Crippen LogP contribution is 2.22. The second-order valence-corrected chi connectivity index (χ2v) is 10.2. The molecule has 0 fully saturated rings. The molecule has 7 nitrogen and oxygen atoms in total. The van der Waals surface area contributed by atoms with Gasteiger partial charge in [-0.3, -0.25) is 14.3 Å². The Morgan fingerprint density at radius 3 is 1.94 bits per heavy atom. The summed E-state index contributed by atoms with van der Waals surface area (Å²) in [4.78, 5) is 26.6. The van der Waals surface area contributed by atoms with Gasteiger partial charge in [0.05, 0.1) is 11.4 Å². The summed E-state index contributed by atoms with van der Waals surface area (Å²) in [7, 11) is -2.26. The van der Waals surface area contributed by atoms with Crippen molar-refractivity contribution in [3.63, 3.8) is 0 Å². The molecule has 0 aliphatic heterocycles. The zero-order chi connectivity index (χ0) is 25.0. The van der Waals surface area contributed by atoms with Crippen molar-refractivity contribution < 1.29 is 18.0 Å². The lowest BCUT2D eigenvalue weighted by molar-refractivity contribution is -0.116. The van der Waals surface area contributed by atoms with E-state index in [4.69, 9.17) is 0 Å². The van der Waals surface area contributed by atoms with Crippen molar-refractivity contribution in [3.05, 3.63) is 88.5 Å². The van der Waals surface area contributed by atoms with Crippen molar-refractivity contribution in [1.29, 1.82) is 0 Å². The highest BCUT2D eigenvalue weighted by molar-refractivity contribution is 7.92. The first-order valence-corrected chi connectivity index (χ1v) is 12.3. The summed E-state index contributed by atoms with van der Waals surface area (Å²) in [6, 6.07) is 16.6. The highest BCUT2D eigenvalue weighted by atomic mass is 32.2. The van der Waals surface area contributed by atoms with Crippen LogP contribution in [0.15, 0.2) is 65.6 Å². The molecule has 34 heavy (non-hydrogen) atoms. The number of aryl methyl sites for hydroxylation is 4. The maximum atomic E-state index is 12.8. The Balaban J connectivity index is 1.65. The first-order valence-electron chi connectivity index (χ1n) is 10.8. The summed E-state index contributed by atoms with van der Waals surface area (Å²) in [5.74, 6) is -0.699. The summed E-state index contributed by atoms with van der Waals surface area (Å²) in [5, 5.41) is 2.88. The van der Waals surface area contributed by atoms with Crippen LogP contribution in [0.5, 0.6) is 0 Å². The predicted molar refractivity (Wildman–Crippen MR) is 135 cm³/mol. The molecule has 0 aromatic heterocycles. The van der Waals surface area contributed by atoms with Gasteiger partial charge in [-0.25, -0.2) is 8.42 Å². The van der Waals surface area contributed by atoms with Crippen molar-refractivity contribution in [2.24, 2.45) is 0 Å². The lowest BCUT2D eigenvalue weighted by Crippen LogP contribution is -2.35. The third-order valence-electron chi connectivity index (χ3n) is 5.38. The Labute approximate surface area is 200 Å². The number of hydrogen-bond acceptors (Lipinski definition) is 4. The van der Waals surface area contributed by atoms with Gasteiger partial charge in [0.25, 0.3) is 15.9 Å². The molecule has 3 rings (SSSR count). The van der Waals surface area contributed by atoms with Crippen molar-refractivity contribution in [2.75, 3.05) is 23.6 Å². The molecule has 8 heteroatoms. The van der Waals surface area contributed by atoms with Gasteiger partial charge in [-0.2, -0.15) is 0 Å². The number of nitrogens with zero attached hydrogens (tertiary/aromatic N) is 1. The maximum Gasteiger partial charge on any atom is 0.261 e. The third kappa shape index (κ3) is 6.02. The van der Waals surface area contributed by atoms with Gasteiger partial charge in [0.2, 0.25) is 5.91 Å². The molecule has 0 bridgehead atoms. The van der Waals surface area contributed by atoms with E-state index < -0.39 is 10.0 Å². The van der Waals surface area contributed by atoms with E-state index in [1.807, 2.05) is 52.0 Å². The second-order valence-electron chi connectivity index (χ2n) is 8.48. The number of carbonyl (C=O) groups excluding carboxylic acids is 2. The summed E-state index contributed by atoms with van der Waals surface area (Å²) in [5.41, 5.74) is 5.52. The normalized spacial score (nSPS) is 11.1. The second kappa shape index (κ2) is 10.1. The summed E-state index contributed by atoms with van der Waals surface area (Å²) < 4.78 is 27.8. The van der Waals surface area contributed by atoms with Gasteiger partial charge >= 0.3 is 0 Å². The molecule has 0 heterocycles. The van der Waals surface area contributed by atoms with Gasteiger partial charge in [0.15, 0.2) is 0 Å². The lowest BCUT2D eigenvalue weighted by atomic mass is 10.1. The van der Waals surface area contributed by atoms with Crippen molar-refractivity contribution in [2.45, 2.75) is 32.6 Å². The van der Waals surface area contributed by atoms with Crippen LogP contribution in [0.1, 0.15) is 32.6 Å². The number of amides is 2. The first-order chi connectivity index (χ1) is 16.0. The van der Waals surface area contributed by atoms with Crippen LogP contribution in [-0.4, -0.2) is 38.7 Å². The average molecular weight is 480 g/mol. The fraction of sp³-hybridized carbons (Fsp3) is 0.231. The summed E-state index contributed by atoms with van der Waals surface area (Å²) in [6.07, 6.45) is 0. The molecule has 0 aliphatic carbocycles. The minimum atomic E-state index is -3.79. The number of hydrogen-bond donors (Lipinski definition) is 2. The van der Waals surface area contributed by atoms with E-state index >= 15 is 0 Å². The summed E-state index contributed by atoms with van der Waals surface area (Å²) in [6.45, 7) is 7.62. The Hall–Kier alpha value is -3.65. The minimum Gasteiger partial charge on any atom is -0.332 e. The Kier molecular flexibility index (Phi) is 7.41. The quantitative estimate of drug-likeness (QED) is 0.524. The number of nitrogens with one attached hydrogen (secondary N) is 2. The van der Waals surface area contributed by atoms with Gasteiger partial charge in [-0.05, 0) is 75.2 Å². The number of sulfonamides is 1. The molecule has 0 aliphatic rings. The van der Waals surface area contributed by atoms with E-state index in [2.05, 4.69) is 10.0 Å². The third-order valence-corrected chi connectivity index (χ3v) is 6.78.